The van der Waals surface area contributed by atoms with Gasteiger partial charge in [0.15, 0.2) is 0 Å². The van der Waals surface area contributed by atoms with Gasteiger partial charge >= 0.3 is 0 Å². The van der Waals surface area contributed by atoms with E-state index in [2.05, 4.69) is 20.7 Å². The monoisotopic (exact) mass is 383 g/mol. The number of nitrogens with one attached hydrogen (secondary N) is 1. The molecular weight excluding hydrogens is 366 g/mol. The maximum atomic E-state index is 12.7. The molecule has 0 aliphatic rings. The highest BCUT2D eigenvalue weighted by Crippen LogP contribution is 2.31. The molecule has 0 radical (unpaired) electrons. The predicted octanol–water partition coefficient (Wildman–Crippen LogP) is 4.18. The Morgan fingerprint density at radius 1 is 1.05 bits per heavy atom. The fourth-order valence-corrected chi connectivity index (χ4v) is 4.30. The molecule has 6 heteroatoms. The molecule has 0 fully saturated rings. The van der Waals surface area contributed by atoms with E-state index < -0.39 is 10.0 Å². The Labute approximate surface area is 139 Å². The number of sulfonamides is 1. The van der Waals surface area contributed by atoms with Gasteiger partial charge in [-0.2, -0.15) is 0 Å². The van der Waals surface area contributed by atoms with Crippen LogP contribution in [0.15, 0.2) is 39.7 Å². The Morgan fingerprint density at radius 3 is 2.18 bits per heavy atom. The fourth-order valence-electron chi connectivity index (χ4n) is 2.39. The van der Waals surface area contributed by atoms with Crippen molar-refractivity contribution in [3.8, 4) is 5.75 Å². The van der Waals surface area contributed by atoms with Gasteiger partial charge in [0, 0.05) is 4.47 Å². The van der Waals surface area contributed by atoms with Crippen molar-refractivity contribution in [2.75, 3.05) is 11.8 Å². The molecule has 22 heavy (non-hydrogen) atoms. The standard InChI is InChI=1S/C16H18BrNO3S/c1-10-7-11(2)16(12(3)8-10)18-22(19,20)15-9-13(17)5-6-14(15)21-4/h5-9,18H,1-4H3. The first-order valence-corrected chi connectivity index (χ1v) is 8.96. The van der Waals surface area contributed by atoms with Crippen LogP contribution in [0.25, 0.3) is 0 Å². The molecule has 0 aliphatic carbocycles. The average molecular weight is 384 g/mol. The lowest BCUT2D eigenvalue weighted by molar-refractivity contribution is 0.403. The number of aryl methyl sites for hydroxylation is 3. The molecule has 118 valence electrons. The molecule has 0 aliphatic heterocycles. The smallest absolute Gasteiger partial charge is 0.265 e. The molecule has 2 aromatic carbocycles. The molecule has 0 saturated carbocycles. The van der Waals surface area contributed by atoms with Gasteiger partial charge < -0.3 is 4.74 Å². The summed E-state index contributed by atoms with van der Waals surface area (Å²) in [5.74, 6) is 0.304. The van der Waals surface area contributed by atoms with Crippen LogP contribution in [0, 0.1) is 20.8 Å². The van der Waals surface area contributed by atoms with E-state index in [0.717, 1.165) is 16.7 Å². The zero-order valence-electron chi connectivity index (χ0n) is 12.9. The van der Waals surface area contributed by atoms with Gasteiger partial charge in [-0.1, -0.05) is 33.6 Å². The fraction of sp³-hybridized carbons (Fsp3) is 0.250. The number of methoxy groups -OCH3 is 1. The molecule has 2 rings (SSSR count). The summed E-state index contributed by atoms with van der Waals surface area (Å²) >= 11 is 3.29. The van der Waals surface area contributed by atoms with Crippen molar-refractivity contribution in [2.45, 2.75) is 25.7 Å². The van der Waals surface area contributed by atoms with Crippen LogP contribution in [0.3, 0.4) is 0 Å². The van der Waals surface area contributed by atoms with Crippen molar-refractivity contribution in [3.63, 3.8) is 0 Å². The van der Waals surface area contributed by atoms with E-state index in [1.54, 1.807) is 12.1 Å². The van der Waals surface area contributed by atoms with Gasteiger partial charge in [-0.15, -0.1) is 0 Å². The van der Waals surface area contributed by atoms with Crippen LogP contribution < -0.4 is 9.46 Å². The number of anilines is 1. The molecule has 1 N–H and O–H groups in total. The van der Waals surface area contributed by atoms with Crippen molar-refractivity contribution in [1.29, 1.82) is 0 Å². The van der Waals surface area contributed by atoms with Gasteiger partial charge in [-0.05, 0) is 50.1 Å². The number of ether oxygens (including phenoxy) is 1. The molecule has 0 bridgehead atoms. The second-order valence-electron chi connectivity index (χ2n) is 5.17. The molecule has 0 spiro atoms. The number of hydrogen-bond donors (Lipinski definition) is 1. The van der Waals surface area contributed by atoms with Crippen LogP contribution in [0.4, 0.5) is 5.69 Å². The summed E-state index contributed by atoms with van der Waals surface area (Å²) in [6.07, 6.45) is 0. The van der Waals surface area contributed by atoms with Gasteiger partial charge in [0.1, 0.15) is 10.6 Å². The first-order valence-electron chi connectivity index (χ1n) is 6.69. The Kier molecular flexibility index (Phi) is 4.82. The van der Waals surface area contributed by atoms with Crippen molar-refractivity contribution in [2.24, 2.45) is 0 Å². The Hall–Kier alpha value is -1.53. The van der Waals surface area contributed by atoms with Crippen LogP contribution in [-0.2, 0) is 10.0 Å². The van der Waals surface area contributed by atoms with Crippen molar-refractivity contribution in [3.05, 3.63) is 51.5 Å². The third-order valence-corrected chi connectivity index (χ3v) is 5.19. The topological polar surface area (TPSA) is 55.4 Å². The summed E-state index contributed by atoms with van der Waals surface area (Å²) in [5.41, 5.74) is 3.47. The maximum Gasteiger partial charge on any atom is 0.265 e. The van der Waals surface area contributed by atoms with Gasteiger partial charge in [0.25, 0.3) is 10.0 Å². The second kappa shape index (κ2) is 6.30. The van der Waals surface area contributed by atoms with E-state index in [9.17, 15) is 8.42 Å². The molecular formula is C16H18BrNO3S. The Morgan fingerprint density at radius 2 is 1.64 bits per heavy atom. The van der Waals surface area contributed by atoms with Crippen LogP contribution in [0.2, 0.25) is 0 Å². The minimum absolute atomic E-state index is 0.101. The summed E-state index contributed by atoms with van der Waals surface area (Å²) in [7, 11) is -2.29. The molecule has 0 heterocycles. The average Bonchev–Trinajstić information content (AvgIpc) is 2.43. The van der Waals surface area contributed by atoms with Gasteiger partial charge in [-0.25, -0.2) is 8.42 Å². The normalized spacial score (nSPS) is 11.3. The largest absolute Gasteiger partial charge is 0.495 e. The van der Waals surface area contributed by atoms with Crippen LogP contribution in [0.5, 0.6) is 5.75 Å². The first-order chi connectivity index (χ1) is 10.2. The maximum absolute atomic E-state index is 12.7. The zero-order valence-corrected chi connectivity index (χ0v) is 15.3. The summed E-state index contributed by atoms with van der Waals surface area (Å²) in [6, 6.07) is 8.78. The van der Waals surface area contributed by atoms with E-state index in [-0.39, 0.29) is 4.90 Å². The van der Waals surface area contributed by atoms with Crippen molar-refractivity contribution < 1.29 is 13.2 Å². The van der Waals surface area contributed by atoms with Crippen LogP contribution >= 0.6 is 15.9 Å². The Balaban J connectivity index is 2.52. The predicted molar refractivity (Wildman–Crippen MR) is 92.2 cm³/mol. The second-order valence-corrected chi connectivity index (χ2v) is 7.74. The molecule has 0 saturated heterocycles. The molecule has 0 atom stereocenters. The van der Waals surface area contributed by atoms with E-state index in [4.69, 9.17) is 4.74 Å². The number of halogens is 1. The summed E-state index contributed by atoms with van der Waals surface area (Å²) in [5, 5.41) is 0. The van der Waals surface area contributed by atoms with E-state index in [1.807, 2.05) is 32.9 Å². The third-order valence-electron chi connectivity index (χ3n) is 3.33. The minimum Gasteiger partial charge on any atom is -0.495 e. The lowest BCUT2D eigenvalue weighted by Crippen LogP contribution is -2.16. The molecule has 2 aromatic rings. The highest BCUT2D eigenvalue weighted by atomic mass is 79.9. The van der Waals surface area contributed by atoms with Gasteiger partial charge in [0.05, 0.1) is 12.8 Å². The third kappa shape index (κ3) is 3.44. The lowest BCUT2D eigenvalue weighted by Gasteiger charge is -2.16. The highest BCUT2D eigenvalue weighted by Gasteiger charge is 2.21. The molecule has 0 unspecified atom stereocenters. The highest BCUT2D eigenvalue weighted by molar-refractivity contribution is 9.10. The van der Waals surface area contributed by atoms with Crippen molar-refractivity contribution >= 4 is 31.6 Å². The van der Waals surface area contributed by atoms with Gasteiger partial charge in [-0.3, -0.25) is 4.72 Å². The molecule has 4 nitrogen and oxygen atoms in total. The Bertz CT molecular complexity index is 793. The lowest BCUT2D eigenvalue weighted by atomic mass is 10.1. The summed E-state index contributed by atoms with van der Waals surface area (Å²) in [6.45, 7) is 5.75. The number of rotatable bonds is 4. The van der Waals surface area contributed by atoms with E-state index >= 15 is 0 Å². The quantitative estimate of drug-likeness (QED) is 0.860. The van der Waals surface area contributed by atoms with Crippen LogP contribution in [-0.4, -0.2) is 15.5 Å². The zero-order chi connectivity index (χ0) is 16.5. The van der Waals surface area contributed by atoms with E-state index in [0.29, 0.717) is 15.9 Å². The SMILES string of the molecule is COc1ccc(Br)cc1S(=O)(=O)Nc1c(C)cc(C)cc1C. The van der Waals surface area contributed by atoms with Gasteiger partial charge in [0.2, 0.25) is 0 Å². The number of benzene rings is 2. The molecule has 0 amide bonds. The summed E-state index contributed by atoms with van der Waals surface area (Å²) in [4.78, 5) is 0.101. The van der Waals surface area contributed by atoms with Crippen molar-refractivity contribution in [1.82, 2.24) is 0 Å². The first kappa shape index (κ1) is 16.8. The molecule has 0 aromatic heterocycles. The van der Waals surface area contributed by atoms with E-state index in [1.165, 1.54) is 13.2 Å². The minimum atomic E-state index is -3.74. The summed E-state index contributed by atoms with van der Waals surface area (Å²) < 4.78 is 33.9. The number of hydrogen-bond acceptors (Lipinski definition) is 3. The van der Waals surface area contributed by atoms with Crippen LogP contribution in [0.1, 0.15) is 16.7 Å².